The van der Waals surface area contributed by atoms with Crippen molar-refractivity contribution in [3.63, 3.8) is 0 Å². The maximum atomic E-state index is 11.3. The number of hydrogen-bond acceptors (Lipinski definition) is 12. The fraction of sp³-hybridized carbons (Fsp3) is 0.867. The summed E-state index contributed by atoms with van der Waals surface area (Å²) in [5, 5.41) is 20.4. The van der Waals surface area contributed by atoms with E-state index in [0.717, 1.165) is 75.8 Å². The molecule has 1 amide bonds. The number of hydrogen-bond donors (Lipinski definition) is 2. The Labute approximate surface area is 256 Å². The smallest absolute Gasteiger partial charge is 0.332 e. The summed E-state index contributed by atoms with van der Waals surface area (Å²) >= 11 is 0. The largest absolute Gasteiger partial charge is 0.388 e. The van der Waals surface area contributed by atoms with Crippen LogP contribution in [-0.4, -0.2) is 123 Å². The second-order valence-electron chi connectivity index (χ2n) is 10.8. The first-order valence-electron chi connectivity index (χ1n) is 15.6. The molecule has 250 valence electrons. The van der Waals surface area contributed by atoms with Gasteiger partial charge in [-0.25, -0.2) is 4.79 Å². The number of nitrogens with zero attached hydrogens (tertiary/aromatic N) is 2. The van der Waals surface area contributed by atoms with Gasteiger partial charge in [0.2, 0.25) is 0 Å². The van der Waals surface area contributed by atoms with Gasteiger partial charge in [0.05, 0.1) is 0 Å². The van der Waals surface area contributed by atoms with Gasteiger partial charge in [0, 0.05) is 59.2 Å². The first-order chi connectivity index (χ1) is 20.8. The first-order valence-corrected chi connectivity index (χ1v) is 15.6. The fourth-order valence-electron chi connectivity index (χ4n) is 4.36. The van der Waals surface area contributed by atoms with Gasteiger partial charge in [-0.3, -0.25) is 4.79 Å². The van der Waals surface area contributed by atoms with Gasteiger partial charge in [-0.05, 0) is 84.3 Å². The Morgan fingerprint density at radius 2 is 1.30 bits per heavy atom. The number of aliphatic hydroxyl groups excluding tert-OH is 2. The SMILES string of the molecule is CN(CCCCOC1OCCCC1O)CCCCOC1OCCCC1O.CN(OC(=O)CCCCC=O)C(=O)CCC=O. The molecule has 4 unspecified atom stereocenters. The highest BCUT2D eigenvalue weighted by Gasteiger charge is 2.25. The van der Waals surface area contributed by atoms with E-state index in [-0.39, 0.29) is 19.3 Å². The van der Waals surface area contributed by atoms with Crippen LogP contribution in [0.2, 0.25) is 0 Å². The molecule has 2 aliphatic rings. The van der Waals surface area contributed by atoms with Gasteiger partial charge in [0.25, 0.3) is 5.91 Å². The number of hydroxylamine groups is 2. The Kier molecular flexibility index (Phi) is 23.0. The third-order valence-electron chi connectivity index (χ3n) is 6.93. The summed E-state index contributed by atoms with van der Waals surface area (Å²) in [6.07, 6.45) is 8.91. The molecule has 0 aromatic rings. The van der Waals surface area contributed by atoms with Crippen LogP contribution in [0.15, 0.2) is 0 Å². The highest BCUT2D eigenvalue weighted by Crippen LogP contribution is 2.16. The van der Waals surface area contributed by atoms with Gasteiger partial charge in [-0.1, -0.05) is 0 Å². The van der Waals surface area contributed by atoms with Crippen molar-refractivity contribution < 1.29 is 53.2 Å². The lowest BCUT2D eigenvalue weighted by atomic mass is 10.1. The van der Waals surface area contributed by atoms with Gasteiger partial charge < -0.3 is 48.5 Å². The first kappa shape index (κ1) is 39.0. The lowest BCUT2D eigenvalue weighted by Crippen LogP contribution is -2.36. The molecule has 0 radical (unpaired) electrons. The molecule has 2 heterocycles. The third kappa shape index (κ3) is 19.8. The third-order valence-corrected chi connectivity index (χ3v) is 6.93. The Balaban J connectivity index is 0.000000474. The van der Waals surface area contributed by atoms with Crippen LogP contribution < -0.4 is 0 Å². The van der Waals surface area contributed by atoms with Crippen molar-refractivity contribution in [3.05, 3.63) is 0 Å². The maximum absolute atomic E-state index is 11.3. The molecule has 0 spiro atoms. The summed E-state index contributed by atoms with van der Waals surface area (Å²) in [6.45, 7) is 4.69. The predicted molar refractivity (Wildman–Crippen MR) is 157 cm³/mol. The zero-order valence-corrected chi connectivity index (χ0v) is 26.1. The van der Waals surface area contributed by atoms with Crippen molar-refractivity contribution in [1.82, 2.24) is 9.96 Å². The van der Waals surface area contributed by atoms with Crippen molar-refractivity contribution in [2.45, 2.75) is 115 Å². The Bertz CT molecular complexity index is 726. The van der Waals surface area contributed by atoms with Gasteiger partial charge in [0.1, 0.15) is 24.8 Å². The monoisotopic (exact) mass is 618 g/mol. The molecule has 13 nitrogen and oxygen atoms in total. The summed E-state index contributed by atoms with van der Waals surface area (Å²) in [4.78, 5) is 49.6. The average molecular weight is 619 g/mol. The van der Waals surface area contributed by atoms with Crippen molar-refractivity contribution >= 4 is 24.4 Å². The minimum Gasteiger partial charge on any atom is -0.388 e. The number of ether oxygens (including phenoxy) is 4. The zero-order valence-electron chi connectivity index (χ0n) is 26.1. The summed E-state index contributed by atoms with van der Waals surface area (Å²) < 4.78 is 22.1. The van der Waals surface area contributed by atoms with E-state index in [0.29, 0.717) is 52.0 Å². The number of carbonyl (C=O) groups excluding carboxylic acids is 4. The normalized spacial score (nSPS) is 21.9. The molecule has 2 aliphatic heterocycles. The summed E-state index contributed by atoms with van der Waals surface area (Å²) in [5.74, 6) is -0.934. The minimum atomic E-state index is -0.516. The summed E-state index contributed by atoms with van der Waals surface area (Å²) in [5.41, 5.74) is 0. The van der Waals surface area contributed by atoms with Crippen LogP contribution in [0.5, 0.6) is 0 Å². The van der Waals surface area contributed by atoms with E-state index in [1.165, 1.54) is 7.05 Å². The number of amides is 1. The van der Waals surface area contributed by atoms with Crippen LogP contribution in [0, 0.1) is 0 Å². The lowest BCUT2D eigenvalue weighted by molar-refractivity contribution is -0.214. The van der Waals surface area contributed by atoms with Crippen LogP contribution in [0.3, 0.4) is 0 Å². The Morgan fingerprint density at radius 1 is 0.767 bits per heavy atom. The van der Waals surface area contributed by atoms with Crippen LogP contribution in [-0.2, 0) is 43.0 Å². The molecule has 0 saturated carbocycles. The van der Waals surface area contributed by atoms with E-state index in [9.17, 15) is 29.4 Å². The zero-order chi connectivity index (χ0) is 31.7. The molecule has 43 heavy (non-hydrogen) atoms. The van der Waals surface area contributed by atoms with E-state index in [4.69, 9.17) is 23.8 Å². The minimum absolute atomic E-state index is 0.0262. The number of unbranched alkanes of at least 4 members (excludes halogenated alkanes) is 4. The maximum Gasteiger partial charge on any atom is 0.332 e. The molecule has 2 fully saturated rings. The van der Waals surface area contributed by atoms with Gasteiger partial charge in [-0.15, -0.1) is 0 Å². The van der Waals surface area contributed by atoms with Crippen LogP contribution in [0.25, 0.3) is 0 Å². The average Bonchev–Trinajstić information content (AvgIpc) is 2.99. The van der Waals surface area contributed by atoms with Gasteiger partial charge >= 0.3 is 5.97 Å². The standard InChI is InChI=1S/C19H37NO6.C11H17NO5/c1-20(10-2-4-12-23-18-16(21)8-6-14-25-18)11-3-5-13-24-19-17(22)9-7-15-26-19;1-12(10(15)6-5-9-14)17-11(16)7-3-2-4-8-13/h16-19,21-22H,2-15H2,1H3;8-9H,2-7H2,1H3. The highest BCUT2D eigenvalue weighted by molar-refractivity contribution is 5.79. The molecule has 2 N–H and O–H groups in total. The number of carbonyl (C=O) groups is 4. The van der Waals surface area contributed by atoms with Crippen LogP contribution >= 0.6 is 0 Å². The van der Waals surface area contributed by atoms with E-state index >= 15 is 0 Å². The molecule has 0 bridgehead atoms. The van der Waals surface area contributed by atoms with E-state index < -0.39 is 36.7 Å². The number of aliphatic hydroxyl groups is 2. The molecule has 13 heteroatoms. The number of aldehydes is 2. The van der Waals surface area contributed by atoms with Crippen molar-refractivity contribution in [2.75, 3.05) is 53.6 Å². The van der Waals surface area contributed by atoms with Crippen LogP contribution in [0.1, 0.15) is 89.9 Å². The summed E-state index contributed by atoms with van der Waals surface area (Å²) in [7, 11) is 3.46. The fourth-order valence-corrected chi connectivity index (χ4v) is 4.36. The molecular weight excluding hydrogens is 564 g/mol. The van der Waals surface area contributed by atoms with Crippen molar-refractivity contribution in [2.24, 2.45) is 0 Å². The second kappa shape index (κ2) is 25.3. The lowest BCUT2D eigenvalue weighted by Gasteiger charge is -2.28. The number of rotatable bonds is 20. The molecule has 2 rings (SSSR count). The highest BCUT2D eigenvalue weighted by atomic mass is 16.7. The quantitative estimate of drug-likeness (QED) is 0.116. The topological polar surface area (TPSA) is 161 Å². The summed E-state index contributed by atoms with van der Waals surface area (Å²) in [6, 6.07) is 0. The predicted octanol–water partition coefficient (Wildman–Crippen LogP) is 2.15. The van der Waals surface area contributed by atoms with Crippen molar-refractivity contribution in [3.8, 4) is 0 Å². The second-order valence-corrected chi connectivity index (χ2v) is 10.8. The Hall–Kier alpha value is -2.00. The molecular formula is C30H54N2O11. The van der Waals surface area contributed by atoms with Crippen LogP contribution in [0.4, 0.5) is 0 Å². The van der Waals surface area contributed by atoms with Crippen molar-refractivity contribution in [1.29, 1.82) is 0 Å². The van der Waals surface area contributed by atoms with Gasteiger partial charge in [0.15, 0.2) is 12.6 Å². The van der Waals surface area contributed by atoms with Gasteiger partial charge in [-0.2, -0.15) is 5.06 Å². The molecule has 0 aromatic carbocycles. The molecule has 0 aliphatic carbocycles. The Morgan fingerprint density at radius 3 is 1.79 bits per heavy atom. The van der Waals surface area contributed by atoms with E-state index in [1.807, 2.05) is 0 Å². The molecule has 4 atom stereocenters. The van der Waals surface area contributed by atoms with E-state index in [2.05, 4.69) is 11.9 Å². The molecule has 2 saturated heterocycles. The van der Waals surface area contributed by atoms with E-state index in [1.54, 1.807) is 0 Å². The molecule has 0 aromatic heterocycles.